The second-order valence-electron chi connectivity index (χ2n) is 5.69. The van der Waals surface area contributed by atoms with Crippen LogP contribution in [0.4, 0.5) is 5.82 Å². The van der Waals surface area contributed by atoms with Crippen molar-refractivity contribution in [1.82, 2.24) is 4.98 Å². The first-order valence-electron chi connectivity index (χ1n) is 7.89. The average molecular weight is 293 g/mol. The van der Waals surface area contributed by atoms with E-state index in [1.807, 2.05) is 32.2 Å². The lowest BCUT2D eigenvalue weighted by atomic mass is 10.1. The number of anilines is 1. The molecule has 2 N–H and O–H groups in total. The molecule has 1 aromatic heterocycles. The Balaban J connectivity index is 1.90. The third-order valence-corrected chi connectivity index (χ3v) is 3.56. The molecule has 118 valence electrons. The fraction of sp³-hybridized carbons (Fsp3) is 0.688. The van der Waals surface area contributed by atoms with E-state index in [9.17, 15) is 0 Å². The van der Waals surface area contributed by atoms with Gasteiger partial charge in [-0.3, -0.25) is 0 Å². The van der Waals surface area contributed by atoms with E-state index in [-0.39, 0.29) is 6.10 Å². The first-order valence-corrected chi connectivity index (χ1v) is 7.89. The van der Waals surface area contributed by atoms with E-state index in [2.05, 4.69) is 9.88 Å². The van der Waals surface area contributed by atoms with Crippen LogP contribution >= 0.6 is 0 Å². The molecular formula is C16H27N3O2. The van der Waals surface area contributed by atoms with Crippen molar-refractivity contribution in [2.75, 3.05) is 31.1 Å². The molecule has 1 aromatic rings. The van der Waals surface area contributed by atoms with Crippen molar-refractivity contribution in [3.63, 3.8) is 0 Å². The number of ether oxygens (including phenoxy) is 2. The van der Waals surface area contributed by atoms with Gasteiger partial charge in [0, 0.05) is 25.9 Å². The molecule has 5 heteroatoms. The van der Waals surface area contributed by atoms with Gasteiger partial charge in [0.25, 0.3) is 0 Å². The Bertz CT molecular complexity index is 418. The SMILES string of the molecule is CC(C)Oc1cccnc1N1CCC(OCCCN)CC1. The standard InChI is InChI=1S/C16H27N3O2/c1-13(2)21-15-5-3-9-18-16(15)19-10-6-14(7-11-19)20-12-4-8-17/h3,5,9,13-14H,4,6-8,10-12,17H2,1-2H3. The second-order valence-corrected chi connectivity index (χ2v) is 5.69. The van der Waals surface area contributed by atoms with Gasteiger partial charge in [-0.1, -0.05) is 0 Å². The molecule has 1 aliphatic rings. The molecule has 0 amide bonds. The van der Waals surface area contributed by atoms with E-state index in [1.165, 1.54) is 0 Å². The van der Waals surface area contributed by atoms with Crippen LogP contribution in [0.3, 0.4) is 0 Å². The molecule has 0 aromatic carbocycles. The molecule has 0 saturated carbocycles. The van der Waals surface area contributed by atoms with Crippen molar-refractivity contribution < 1.29 is 9.47 Å². The minimum absolute atomic E-state index is 0.157. The Labute approximate surface area is 127 Å². The van der Waals surface area contributed by atoms with Crippen molar-refractivity contribution in [3.8, 4) is 5.75 Å². The van der Waals surface area contributed by atoms with Gasteiger partial charge < -0.3 is 20.1 Å². The molecule has 0 unspecified atom stereocenters. The molecule has 5 nitrogen and oxygen atoms in total. The topological polar surface area (TPSA) is 60.6 Å². The van der Waals surface area contributed by atoms with Gasteiger partial charge in [0.2, 0.25) is 0 Å². The van der Waals surface area contributed by atoms with Crippen LogP contribution < -0.4 is 15.4 Å². The largest absolute Gasteiger partial charge is 0.487 e. The van der Waals surface area contributed by atoms with Crippen LogP contribution in [-0.2, 0) is 4.74 Å². The van der Waals surface area contributed by atoms with Gasteiger partial charge in [0.15, 0.2) is 11.6 Å². The Kier molecular flexibility index (Phi) is 6.26. The summed E-state index contributed by atoms with van der Waals surface area (Å²) in [5.74, 6) is 1.82. The van der Waals surface area contributed by atoms with Gasteiger partial charge in [0.1, 0.15) is 0 Å². The lowest BCUT2D eigenvalue weighted by molar-refractivity contribution is 0.0364. The first kappa shape index (κ1) is 16.0. The normalized spacial score (nSPS) is 16.5. The fourth-order valence-electron chi connectivity index (χ4n) is 2.53. The molecule has 0 bridgehead atoms. The highest BCUT2D eigenvalue weighted by molar-refractivity contribution is 5.52. The predicted molar refractivity (Wildman–Crippen MR) is 84.9 cm³/mol. The number of nitrogens with zero attached hydrogens (tertiary/aromatic N) is 2. The van der Waals surface area contributed by atoms with Crippen molar-refractivity contribution in [2.24, 2.45) is 5.73 Å². The number of pyridine rings is 1. The van der Waals surface area contributed by atoms with E-state index in [1.54, 1.807) is 0 Å². The predicted octanol–water partition coefficient (Wildman–Crippen LogP) is 2.20. The van der Waals surface area contributed by atoms with E-state index in [4.69, 9.17) is 15.2 Å². The van der Waals surface area contributed by atoms with Gasteiger partial charge in [-0.25, -0.2) is 4.98 Å². The summed E-state index contributed by atoms with van der Waals surface area (Å²) < 4.78 is 11.7. The zero-order valence-electron chi connectivity index (χ0n) is 13.1. The van der Waals surface area contributed by atoms with Gasteiger partial charge in [-0.15, -0.1) is 0 Å². The number of hydrogen-bond donors (Lipinski definition) is 1. The molecule has 0 radical (unpaired) electrons. The summed E-state index contributed by atoms with van der Waals surface area (Å²) in [6.45, 7) is 7.45. The number of rotatable bonds is 7. The number of hydrogen-bond acceptors (Lipinski definition) is 5. The monoisotopic (exact) mass is 293 g/mol. The van der Waals surface area contributed by atoms with E-state index >= 15 is 0 Å². The zero-order chi connectivity index (χ0) is 15.1. The van der Waals surface area contributed by atoms with Gasteiger partial charge >= 0.3 is 0 Å². The minimum atomic E-state index is 0.157. The third-order valence-electron chi connectivity index (χ3n) is 3.56. The van der Waals surface area contributed by atoms with Crippen LogP contribution in [0, 0.1) is 0 Å². The van der Waals surface area contributed by atoms with Gasteiger partial charge in [-0.05, 0) is 51.8 Å². The molecule has 1 fully saturated rings. The Morgan fingerprint density at radius 3 is 2.81 bits per heavy atom. The van der Waals surface area contributed by atoms with E-state index in [0.29, 0.717) is 12.6 Å². The smallest absolute Gasteiger partial charge is 0.171 e. The molecule has 0 atom stereocenters. The van der Waals surface area contributed by atoms with Crippen molar-refractivity contribution in [2.45, 2.75) is 45.3 Å². The Morgan fingerprint density at radius 1 is 1.38 bits per heavy atom. The summed E-state index contributed by atoms with van der Waals surface area (Å²) in [6.07, 6.45) is 5.33. The molecule has 1 aliphatic heterocycles. The maximum atomic E-state index is 5.86. The van der Waals surface area contributed by atoms with Gasteiger partial charge in [0.05, 0.1) is 12.2 Å². The van der Waals surface area contributed by atoms with Crippen LogP contribution in [0.5, 0.6) is 5.75 Å². The summed E-state index contributed by atoms with van der Waals surface area (Å²) in [6, 6.07) is 3.91. The summed E-state index contributed by atoms with van der Waals surface area (Å²) in [4.78, 5) is 6.79. The summed E-state index contributed by atoms with van der Waals surface area (Å²) in [5, 5.41) is 0. The zero-order valence-corrected chi connectivity index (χ0v) is 13.1. The summed E-state index contributed by atoms with van der Waals surface area (Å²) >= 11 is 0. The highest BCUT2D eigenvalue weighted by Crippen LogP contribution is 2.29. The number of nitrogens with two attached hydrogens (primary N) is 1. The summed E-state index contributed by atoms with van der Waals surface area (Å²) in [7, 11) is 0. The molecule has 0 spiro atoms. The molecule has 21 heavy (non-hydrogen) atoms. The van der Waals surface area contributed by atoms with E-state index < -0.39 is 0 Å². The molecule has 1 saturated heterocycles. The maximum Gasteiger partial charge on any atom is 0.171 e. The molecule has 0 aliphatic carbocycles. The minimum Gasteiger partial charge on any atom is -0.487 e. The maximum absolute atomic E-state index is 5.86. The lowest BCUT2D eigenvalue weighted by Crippen LogP contribution is -2.38. The van der Waals surface area contributed by atoms with Crippen LogP contribution in [-0.4, -0.2) is 43.4 Å². The highest BCUT2D eigenvalue weighted by Gasteiger charge is 2.22. The van der Waals surface area contributed by atoms with Crippen molar-refractivity contribution in [3.05, 3.63) is 18.3 Å². The van der Waals surface area contributed by atoms with Crippen molar-refractivity contribution >= 4 is 5.82 Å². The molecular weight excluding hydrogens is 266 g/mol. The number of piperidine rings is 1. The van der Waals surface area contributed by atoms with Crippen LogP contribution in [0.1, 0.15) is 33.1 Å². The Morgan fingerprint density at radius 2 is 2.14 bits per heavy atom. The van der Waals surface area contributed by atoms with Gasteiger partial charge in [-0.2, -0.15) is 0 Å². The van der Waals surface area contributed by atoms with Crippen LogP contribution in [0.2, 0.25) is 0 Å². The number of aromatic nitrogens is 1. The third kappa shape index (κ3) is 4.86. The molecule has 2 heterocycles. The molecule has 2 rings (SSSR count). The Hall–Kier alpha value is -1.33. The average Bonchev–Trinajstić information content (AvgIpc) is 2.48. The van der Waals surface area contributed by atoms with E-state index in [0.717, 1.165) is 50.5 Å². The first-order chi connectivity index (χ1) is 10.2. The van der Waals surface area contributed by atoms with Crippen LogP contribution in [0.25, 0.3) is 0 Å². The van der Waals surface area contributed by atoms with Crippen LogP contribution in [0.15, 0.2) is 18.3 Å². The lowest BCUT2D eigenvalue weighted by Gasteiger charge is -2.33. The second kappa shape index (κ2) is 8.20. The quantitative estimate of drug-likeness (QED) is 0.781. The fourth-order valence-corrected chi connectivity index (χ4v) is 2.53. The van der Waals surface area contributed by atoms with Crippen molar-refractivity contribution in [1.29, 1.82) is 0 Å². The highest BCUT2D eigenvalue weighted by atomic mass is 16.5. The summed E-state index contributed by atoms with van der Waals surface area (Å²) in [5.41, 5.74) is 5.49.